The van der Waals surface area contributed by atoms with Crippen molar-refractivity contribution in [2.75, 3.05) is 0 Å². The highest BCUT2D eigenvalue weighted by molar-refractivity contribution is 6.19. The Hall–Kier alpha value is -1.43. The van der Waals surface area contributed by atoms with Gasteiger partial charge >= 0.3 is 5.97 Å². The number of carbonyl (C=O) groups is 3. The van der Waals surface area contributed by atoms with Crippen LogP contribution in [0.1, 0.15) is 6.42 Å². The minimum Gasteiger partial charge on any atom is -0.479 e. The van der Waals surface area contributed by atoms with Gasteiger partial charge in [-0.15, -0.1) is 0 Å². The first-order chi connectivity index (χ1) is 4.97. The highest BCUT2D eigenvalue weighted by atomic mass is 16.4. The average molecular weight is 158 g/mol. The van der Waals surface area contributed by atoms with Crippen molar-refractivity contribution in [3.63, 3.8) is 0 Å². The predicted molar refractivity (Wildman–Crippen MR) is 32.3 cm³/mol. The molecule has 0 saturated carbocycles. The molecule has 11 heavy (non-hydrogen) atoms. The van der Waals surface area contributed by atoms with Gasteiger partial charge in [0.15, 0.2) is 0 Å². The Bertz CT molecular complexity index is 249. The van der Waals surface area contributed by atoms with Gasteiger partial charge in [0.25, 0.3) is 5.91 Å². The molecule has 4 N–H and O–H groups in total. The molecule has 1 unspecified atom stereocenters. The van der Waals surface area contributed by atoms with E-state index in [4.69, 9.17) is 10.8 Å². The van der Waals surface area contributed by atoms with Crippen molar-refractivity contribution in [2.24, 2.45) is 5.73 Å². The Balaban J connectivity index is 2.96. The normalized spacial score (nSPS) is 30.3. The molecular weight excluding hydrogens is 152 g/mol. The Morgan fingerprint density at radius 1 is 1.64 bits per heavy atom. The highest BCUT2D eigenvalue weighted by Crippen LogP contribution is 2.13. The lowest BCUT2D eigenvalue weighted by atomic mass is 10.00. The number of aliphatic carboxylic acids is 1. The summed E-state index contributed by atoms with van der Waals surface area (Å²) in [7, 11) is 0. The molecule has 60 valence electrons. The molecular formula is C5H6N2O4. The molecule has 6 nitrogen and oxygen atoms in total. The van der Waals surface area contributed by atoms with Crippen molar-refractivity contribution in [1.82, 2.24) is 5.32 Å². The molecule has 0 bridgehead atoms. The molecule has 1 rings (SSSR count). The van der Waals surface area contributed by atoms with E-state index in [1.54, 1.807) is 5.32 Å². The quantitative estimate of drug-likeness (QED) is 0.297. The van der Waals surface area contributed by atoms with Crippen LogP contribution >= 0.6 is 0 Å². The van der Waals surface area contributed by atoms with Crippen LogP contribution in [0.3, 0.4) is 0 Å². The minimum absolute atomic E-state index is 0.485. The molecule has 1 atom stereocenters. The van der Waals surface area contributed by atoms with Crippen LogP contribution in [0.2, 0.25) is 0 Å². The third kappa shape index (κ3) is 0.966. The average Bonchev–Trinajstić information content (AvgIpc) is 2.08. The zero-order valence-electron chi connectivity index (χ0n) is 5.46. The monoisotopic (exact) mass is 158 g/mol. The number of carboxylic acids is 1. The zero-order valence-corrected chi connectivity index (χ0v) is 5.46. The van der Waals surface area contributed by atoms with E-state index in [0.29, 0.717) is 0 Å². The van der Waals surface area contributed by atoms with E-state index < -0.39 is 29.7 Å². The van der Waals surface area contributed by atoms with Crippen LogP contribution in [-0.4, -0.2) is 28.4 Å². The van der Waals surface area contributed by atoms with Gasteiger partial charge in [-0.1, -0.05) is 0 Å². The number of carboxylic acid groups (broad SMARTS) is 1. The van der Waals surface area contributed by atoms with Crippen molar-refractivity contribution < 1.29 is 19.5 Å². The summed E-state index contributed by atoms with van der Waals surface area (Å²) >= 11 is 0. The van der Waals surface area contributed by atoms with Crippen molar-refractivity contribution >= 4 is 17.8 Å². The first-order valence-electron chi connectivity index (χ1n) is 2.83. The van der Waals surface area contributed by atoms with E-state index in [1.807, 2.05) is 0 Å². The fourth-order valence-corrected chi connectivity index (χ4v) is 0.789. The molecule has 1 saturated heterocycles. The van der Waals surface area contributed by atoms with Crippen LogP contribution in [0, 0.1) is 0 Å². The van der Waals surface area contributed by atoms with Crippen molar-refractivity contribution in [3.8, 4) is 0 Å². The molecule has 0 aromatic rings. The number of hydrogen-bond donors (Lipinski definition) is 3. The lowest BCUT2D eigenvalue weighted by molar-refractivity contribution is -0.147. The van der Waals surface area contributed by atoms with Crippen LogP contribution in [0.4, 0.5) is 0 Å². The molecule has 0 spiro atoms. The van der Waals surface area contributed by atoms with E-state index in [1.165, 1.54) is 0 Å². The molecule has 0 aromatic heterocycles. The van der Waals surface area contributed by atoms with Crippen LogP contribution in [0.25, 0.3) is 0 Å². The lowest BCUT2D eigenvalue weighted by Gasteiger charge is -2.11. The molecule has 0 radical (unpaired) electrons. The molecule has 0 aliphatic carbocycles. The molecule has 1 aliphatic rings. The lowest BCUT2D eigenvalue weighted by Crippen LogP contribution is -2.53. The number of carbonyl (C=O) groups excluding carboxylic acids is 2. The number of nitrogens with two attached hydrogens (primary N) is 1. The molecule has 6 heteroatoms. The topological polar surface area (TPSA) is 109 Å². The van der Waals surface area contributed by atoms with E-state index in [9.17, 15) is 14.4 Å². The molecule has 1 aliphatic heterocycles. The summed E-state index contributed by atoms with van der Waals surface area (Å²) in [4.78, 5) is 31.5. The van der Waals surface area contributed by atoms with Crippen LogP contribution in [0.5, 0.6) is 0 Å². The van der Waals surface area contributed by atoms with Crippen LogP contribution in [0.15, 0.2) is 0 Å². The van der Waals surface area contributed by atoms with Gasteiger partial charge in [0.05, 0.1) is 6.42 Å². The maximum atomic E-state index is 10.7. The molecule has 1 heterocycles. The summed E-state index contributed by atoms with van der Waals surface area (Å²) in [6.07, 6.45) is -0.485. The smallest absolute Gasteiger partial charge is 0.334 e. The maximum absolute atomic E-state index is 10.7. The Morgan fingerprint density at radius 2 is 2.18 bits per heavy atom. The minimum atomic E-state index is -2.06. The van der Waals surface area contributed by atoms with Gasteiger partial charge in [-0.2, -0.15) is 0 Å². The second kappa shape index (κ2) is 2.03. The van der Waals surface area contributed by atoms with Crippen molar-refractivity contribution in [3.05, 3.63) is 0 Å². The molecule has 2 amide bonds. The SMILES string of the molecule is NC1(C(=O)O)CC(=O)NC1=O. The summed E-state index contributed by atoms with van der Waals surface area (Å²) in [5, 5.41) is 10.2. The summed E-state index contributed by atoms with van der Waals surface area (Å²) in [5.74, 6) is -3.09. The van der Waals surface area contributed by atoms with Gasteiger partial charge in [-0.05, 0) is 0 Å². The van der Waals surface area contributed by atoms with Crippen LogP contribution < -0.4 is 11.1 Å². The van der Waals surface area contributed by atoms with E-state index >= 15 is 0 Å². The third-order valence-corrected chi connectivity index (χ3v) is 1.48. The number of imide groups is 1. The highest BCUT2D eigenvalue weighted by Gasteiger charge is 2.50. The van der Waals surface area contributed by atoms with Gasteiger partial charge in [-0.3, -0.25) is 14.9 Å². The summed E-state index contributed by atoms with van der Waals surface area (Å²) < 4.78 is 0. The third-order valence-electron chi connectivity index (χ3n) is 1.48. The number of hydrogen-bond acceptors (Lipinski definition) is 4. The van der Waals surface area contributed by atoms with E-state index in [2.05, 4.69) is 0 Å². The van der Waals surface area contributed by atoms with E-state index in [0.717, 1.165) is 0 Å². The summed E-state index contributed by atoms with van der Waals surface area (Å²) in [6, 6.07) is 0. The second-order valence-corrected chi connectivity index (χ2v) is 2.33. The largest absolute Gasteiger partial charge is 0.479 e. The molecule has 1 fully saturated rings. The van der Waals surface area contributed by atoms with Gasteiger partial charge in [0.1, 0.15) is 0 Å². The molecule has 0 aromatic carbocycles. The first-order valence-corrected chi connectivity index (χ1v) is 2.83. The Kier molecular flexibility index (Phi) is 1.41. The zero-order chi connectivity index (χ0) is 8.65. The van der Waals surface area contributed by atoms with E-state index in [-0.39, 0.29) is 0 Å². The fraction of sp³-hybridized carbons (Fsp3) is 0.400. The fourth-order valence-electron chi connectivity index (χ4n) is 0.789. The summed E-state index contributed by atoms with van der Waals surface area (Å²) in [6.45, 7) is 0. The van der Waals surface area contributed by atoms with Crippen LogP contribution in [-0.2, 0) is 14.4 Å². The van der Waals surface area contributed by atoms with Crippen molar-refractivity contribution in [2.45, 2.75) is 12.0 Å². The van der Waals surface area contributed by atoms with Gasteiger partial charge < -0.3 is 10.8 Å². The second-order valence-electron chi connectivity index (χ2n) is 2.33. The van der Waals surface area contributed by atoms with Gasteiger partial charge in [-0.25, -0.2) is 4.79 Å². The first kappa shape index (κ1) is 7.67. The number of amides is 2. The van der Waals surface area contributed by atoms with Crippen molar-refractivity contribution in [1.29, 1.82) is 0 Å². The maximum Gasteiger partial charge on any atom is 0.334 e. The Morgan fingerprint density at radius 3 is 2.36 bits per heavy atom. The van der Waals surface area contributed by atoms with Gasteiger partial charge in [0.2, 0.25) is 11.4 Å². The number of nitrogens with one attached hydrogen (secondary N) is 1. The number of rotatable bonds is 1. The Labute approximate surface area is 61.4 Å². The predicted octanol–water partition coefficient (Wildman–Crippen LogP) is -2.19. The van der Waals surface area contributed by atoms with Gasteiger partial charge in [0, 0.05) is 0 Å². The standard InChI is InChI=1S/C5H6N2O4/c6-5(4(10)11)1-2(8)7-3(5)9/h1,6H2,(H,10,11)(H,7,8,9). The summed E-state index contributed by atoms with van der Waals surface area (Å²) in [5.41, 5.74) is 3.04.